The molecule has 1 atom stereocenters. The SMILES string of the molecule is CCC(=O)[C@@H](C)CC=C(C)C. The Morgan fingerprint density at radius 3 is 2.36 bits per heavy atom. The Morgan fingerprint density at radius 2 is 2.00 bits per heavy atom. The third kappa shape index (κ3) is 4.77. The van der Waals surface area contributed by atoms with Gasteiger partial charge in [0.25, 0.3) is 0 Å². The molecule has 0 aliphatic carbocycles. The summed E-state index contributed by atoms with van der Waals surface area (Å²) in [6, 6.07) is 0. The minimum absolute atomic E-state index is 0.204. The Bertz CT molecular complexity index is 152. The Morgan fingerprint density at radius 1 is 1.45 bits per heavy atom. The van der Waals surface area contributed by atoms with Crippen LogP contribution in [-0.4, -0.2) is 5.78 Å². The maximum atomic E-state index is 11.1. The van der Waals surface area contributed by atoms with Crippen molar-refractivity contribution in [3.8, 4) is 0 Å². The molecule has 11 heavy (non-hydrogen) atoms. The summed E-state index contributed by atoms with van der Waals surface area (Å²) in [5.41, 5.74) is 1.29. The topological polar surface area (TPSA) is 17.1 Å². The lowest BCUT2D eigenvalue weighted by molar-refractivity contribution is -0.121. The predicted molar refractivity (Wildman–Crippen MR) is 48.5 cm³/mol. The van der Waals surface area contributed by atoms with Gasteiger partial charge in [0.2, 0.25) is 0 Å². The quantitative estimate of drug-likeness (QED) is 0.569. The molecule has 64 valence electrons. The monoisotopic (exact) mass is 154 g/mol. The smallest absolute Gasteiger partial charge is 0.135 e. The van der Waals surface area contributed by atoms with Gasteiger partial charge in [-0.15, -0.1) is 0 Å². The highest BCUT2D eigenvalue weighted by molar-refractivity contribution is 5.80. The number of ketones is 1. The number of hydrogen-bond acceptors (Lipinski definition) is 1. The minimum atomic E-state index is 0.204. The highest BCUT2D eigenvalue weighted by Gasteiger charge is 2.07. The van der Waals surface area contributed by atoms with Gasteiger partial charge in [0.1, 0.15) is 5.78 Å². The highest BCUT2D eigenvalue weighted by atomic mass is 16.1. The fourth-order valence-electron chi connectivity index (χ4n) is 0.892. The molecule has 0 N–H and O–H groups in total. The van der Waals surface area contributed by atoms with E-state index in [4.69, 9.17) is 0 Å². The van der Waals surface area contributed by atoms with Crippen LogP contribution < -0.4 is 0 Å². The molecule has 1 nitrogen and oxygen atoms in total. The molecule has 0 aliphatic heterocycles. The average molecular weight is 154 g/mol. The predicted octanol–water partition coefficient (Wildman–Crippen LogP) is 2.96. The van der Waals surface area contributed by atoms with Crippen LogP contribution in [-0.2, 0) is 4.79 Å². The molecule has 0 saturated carbocycles. The van der Waals surface area contributed by atoms with Crippen molar-refractivity contribution in [3.05, 3.63) is 11.6 Å². The van der Waals surface area contributed by atoms with Gasteiger partial charge in [-0.1, -0.05) is 25.5 Å². The van der Waals surface area contributed by atoms with E-state index in [1.54, 1.807) is 0 Å². The van der Waals surface area contributed by atoms with Crippen LogP contribution in [0.5, 0.6) is 0 Å². The summed E-state index contributed by atoms with van der Waals surface area (Å²) in [5, 5.41) is 0. The summed E-state index contributed by atoms with van der Waals surface area (Å²) in [7, 11) is 0. The zero-order valence-corrected chi connectivity index (χ0v) is 7.98. The molecule has 0 heterocycles. The Balaban J connectivity index is 3.78. The van der Waals surface area contributed by atoms with Crippen LogP contribution in [0, 0.1) is 5.92 Å². The summed E-state index contributed by atoms with van der Waals surface area (Å²) in [5.74, 6) is 0.567. The van der Waals surface area contributed by atoms with Crippen LogP contribution >= 0.6 is 0 Å². The van der Waals surface area contributed by atoms with Crippen molar-refractivity contribution in [2.45, 2.75) is 40.5 Å². The first-order chi connectivity index (χ1) is 5.07. The Kier molecular flexibility index (Phi) is 4.84. The van der Waals surface area contributed by atoms with E-state index >= 15 is 0 Å². The van der Waals surface area contributed by atoms with E-state index in [1.807, 2.05) is 13.8 Å². The lowest BCUT2D eigenvalue weighted by Crippen LogP contribution is -2.07. The van der Waals surface area contributed by atoms with E-state index in [0.29, 0.717) is 12.2 Å². The van der Waals surface area contributed by atoms with E-state index in [0.717, 1.165) is 6.42 Å². The van der Waals surface area contributed by atoms with Gasteiger partial charge in [-0.05, 0) is 20.3 Å². The summed E-state index contributed by atoms with van der Waals surface area (Å²) in [6.07, 6.45) is 3.69. The first-order valence-electron chi connectivity index (χ1n) is 4.24. The van der Waals surface area contributed by atoms with E-state index < -0.39 is 0 Å². The van der Waals surface area contributed by atoms with Crippen molar-refractivity contribution in [2.24, 2.45) is 5.92 Å². The van der Waals surface area contributed by atoms with Gasteiger partial charge in [0.15, 0.2) is 0 Å². The van der Waals surface area contributed by atoms with Crippen molar-refractivity contribution in [3.63, 3.8) is 0 Å². The van der Waals surface area contributed by atoms with Gasteiger partial charge in [0, 0.05) is 12.3 Å². The fourth-order valence-corrected chi connectivity index (χ4v) is 0.892. The van der Waals surface area contributed by atoms with Gasteiger partial charge in [-0.2, -0.15) is 0 Å². The third-order valence-corrected chi connectivity index (χ3v) is 1.78. The van der Waals surface area contributed by atoms with Crippen LogP contribution in [0.4, 0.5) is 0 Å². The van der Waals surface area contributed by atoms with Gasteiger partial charge in [-0.25, -0.2) is 0 Å². The second-order valence-corrected chi connectivity index (χ2v) is 3.24. The molecule has 0 unspecified atom stereocenters. The molecular weight excluding hydrogens is 136 g/mol. The molecular formula is C10H18O. The lowest BCUT2D eigenvalue weighted by atomic mass is 10.00. The molecule has 0 aromatic carbocycles. The number of carbonyl (C=O) groups is 1. The Hall–Kier alpha value is -0.590. The van der Waals surface area contributed by atoms with E-state index in [-0.39, 0.29) is 5.92 Å². The molecule has 0 aromatic rings. The maximum Gasteiger partial charge on any atom is 0.135 e. The average Bonchev–Trinajstić information content (AvgIpc) is 1.98. The molecule has 0 rings (SSSR count). The molecule has 0 spiro atoms. The number of Topliss-reactive ketones (excluding diaryl/α,β-unsaturated/α-hetero) is 1. The van der Waals surface area contributed by atoms with E-state index in [2.05, 4.69) is 19.9 Å². The van der Waals surface area contributed by atoms with Crippen molar-refractivity contribution >= 4 is 5.78 Å². The third-order valence-electron chi connectivity index (χ3n) is 1.78. The van der Waals surface area contributed by atoms with E-state index in [1.165, 1.54) is 5.57 Å². The van der Waals surface area contributed by atoms with Crippen molar-refractivity contribution < 1.29 is 4.79 Å². The van der Waals surface area contributed by atoms with Gasteiger partial charge in [-0.3, -0.25) is 4.79 Å². The van der Waals surface area contributed by atoms with Crippen LogP contribution in [0.3, 0.4) is 0 Å². The zero-order chi connectivity index (χ0) is 8.85. The molecule has 0 aromatic heterocycles. The normalized spacial score (nSPS) is 12.4. The fraction of sp³-hybridized carbons (Fsp3) is 0.700. The summed E-state index contributed by atoms with van der Waals surface area (Å²) < 4.78 is 0. The van der Waals surface area contributed by atoms with Crippen molar-refractivity contribution in [1.82, 2.24) is 0 Å². The molecule has 0 aliphatic rings. The largest absolute Gasteiger partial charge is 0.299 e. The summed E-state index contributed by atoms with van der Waals surface area (Å²) in [6.45, 7) is 8.03. The number of allylic oxidation sites excluding steroid dienone is 2. The number of rotatable bonds is 4. The summed E-state index contributed by atoms with van der Waals surface area (Å²) in [4.78, 5) is 11.1. The zero-order valence-electron chi connectivity index (χ0n) is 7.98. The summed E-state index contributed by atoms with van der Waals surface area (Å²) >= 11 is 0. The van der Waals surface area contributed by atoms with Crippen LogP contribution in [0.1, 0.15) is 40.5 Å². The van der Waals surface area contributed by atoms with Gasteiger partial charge in [0.05, 0.1) is 0 Å². The first kappa shape index (κ1) is 10.4. The number of carbonyl (C=O) groups excluding carboxylic acids is 1. The maximum absolute atomic E-state index is 11.1. The molecule has 0 amide bonds. The molecule has 1 heteroatoms. The second-order valence-electron chi connectivity index (χ2n) is 3.24. The van der Waals surface area contributed by atoms with Crippen molar-refractivity contribution in [2.75, 3.05) is 0 Å². The lowest BCUT2D eigenvalue weighted by Gasteiger charge is -2.04. The van der Waals surface area contributed by atoms with Gasteiger partial charge >= 0.3 is 0 Å². The molecule has 0 bridgehead atoms. The standard InChI is InChI=1S/C10H18O/c1-5-10(11)9(4)7-6-8(2)3/h6,9H,5,7H2,1-4H3/t9-/m0/s1. The van der Waals surface area contributed by atoms with Crippen LogP contribution in [0.2, 0.25) is 0 Å². The van der Waals surface area contributed by atoms with Crippen molar-refractivity contribution in [1.29, 1.82) is 0 Å². The highest BCUT2D eigenvalue weighted by Crippen LogP contribution is 2.08. The first-order valence-corrected chi connectivity index (χ1v) is 4.24. The van der Waals surface area contributed by atoms with Crippen LogP contribution in [0.15, 0.2) is 11.6 Å². The molecule has 0 radical (unpaired) electrons. The molecule has 0 fully saturated rings. The minimum Gasteiger partial charge on any atom is -0.299 e. The number of hydrogen-bond donors (Lipinski definition) is 0. The Labute approximate surface area is 69.5 Å². The van der Waals surface area contributed by atoms with Crippen LogP contribution in [0.25, 0.3) is 0 Å². The van der Waals surface area contributed by atoms with E-state index in [9.17, 15) is 4.79 Å². The van der Waals surface area contributed by atoms with Gasteiger partial charge < -0.3 is 0 Å². The second kappa shape index (κ2) is 5.11. The molecule has 0 saturated heterocycles.